The van der Waals surface area contributed by atoms with Crippen LogP contribution in [0.3, 0.4) is 0 Å². The van der Waals surface area contributed by atoms with Gasteiger partial charge >= 0.3 is 105 Å². The van der Waals surface area contributed by atoms with E-state index in [0.717, 1.165) is 0 Å². The second-order valence-corrected chi connectivity index (χ2v) is 3.91. The Morgan fingerprint density at radius 1 is 1.00 bits per heavy atom. The van der Waals surface area contributed by atoms with Crippen LogP contribution in [-0.4, -0.2) is 41.1 Å². The molecule has 0 aromatic carbocycles. The van der Waals surface area contributed by atoms with E-state index in [1.54, 1.807) is 0 Å². The summed E-state index contributed by atoms with van der Waals surface area (Å²) in [5.74, 6) is 0. The fraction of sp³-hybridized carbons (Fsp3) is 0. The maximum Gasteiger partial charge on any atom is 2.00 e. The smallest absolute Gasteiger partial charge is 2.00 e. The summed E-state index contributed by atoms with van der Waals surface area (Å²) < 4.78 is 46.4. The van der Waals surface area contributed by atoms with Gasteiger partial charge in [-0.3, -0.25) is 0 Å². The van der Waals surface area contributed by atoms with Gasteiger partial charge in [0.05, 0.1) is 0 Å². The summed E-state index contributed by atoms with van der Waals surface area (Å²) in [6, 6.07) is 0. The van der Waals surface area contributed by atoms with Gasteiger partial charge < -0.3 is 0 Å². The summed E-state index contributed by atoms with van der Waals surface area (Å²) in [7, 11) is 0. The molecular formula is O7Sn2Zn2. The van der Waals surface area contributed by atoms with Crippen LogP contribution in [0.5, 0.6) is 0 Å². The van der Waals surface area contributed by atoms with Crippen molar-refractivity contribution in [2.24, 2.45) is 0 Å². The van der Waals surface area contributed by atoms with Gasteiger partial charge in [-0.15, -0.1) is 0 Å². The van der Waals surface area contributed by atoms with E-state index in [2.05, 4.69) is 3.22 Å². The summed E-state index contributed by atoms with van der Waals surface area (Å²) in [5, 5.41) is 8.59. The molecule has 0 bridgehead atoms. The van der Waals surface area contributed by atoms with Crippen LogP contribution in [0.25, 0.3) is 0 Å². The van der Waals surface area contributed by atoms with Gasteiger partial charge in [-0.25, -0.2) is 0 Å². The van der Waals surface area contributed by atoms with Crippen molar-refractivity contribution < 1.29 is 63.9 Å². The molecule has 0 radical (unpaired) electrons. The van der Waals surface area contributed by atoms with Crippen LogP contribution in [-0.2, 0) is 48.3 Å². The van der Waals surface area contributed by atoms with E-state index >= 15 is 0 Å². The average Bonchev–Trinajstić information content (AvgIpc) is 1.65. The molecule has 0 spiro atoms. The first-order chi connectivity index (χ1) is 4.00. The molecule has 0 saturated heterocycles. The SMILES string of the molecule is [O]=[Sn]([O-])[O-].[O]=[Sn]([O-])[O][O-].[Zn+2].[Zn+2]. The van der Waals surface area contributed by atoms with E-state index in [4.69, 9.17) is 21.7 Å². The first kappa shape index (κ1) is 23.2. The predicted octanol–water partition coefficient (Wildman–Crippen LogP) is -5.83. The molecule has 0 unspecified atom stereocenters. The van der Waals surface area contributed by atoms with Crippen molar-refractivity contribution in [1.29, 1.82) is 0 Å². The van der Waals surface area contributed by atoms with Gasteiger partial charge in [-0.2, -0.15) is 0 Å². The van der Waals surface area contributed by atoms with E-state index in [1.807, 2.05) is 0 Å². The van der Waals surface area contributed by atoms with Gasteiger partial charge in [0, 0.05) is 0 Å². The molecular weight excluding hydrogens is 480 g/mol. The van der Waals surface area contributed by atoms with Gasteiger partial charge in [-0.1, -0.05) is 0 Å². The Kier molecular flexibility index (Phi) is 38.3. The quantitative estimate of drug-likeness (QED) is 0.207. The Hall–Kier alpha value is 2.24. The van der Waals surface area contributed by atoms with Gasteiger partial charge in [0.1, 0.15) is 0 Å². The molecule has 0 atom stereocenters. The Morgan fingerprint density at radius 2 is 1.09 bits per heavy atom. The third kappa shape index (κ3) is 71.3. The first-order valence-electron chi connectivity index (χ1n) is 1.39. The molecule has 7 nitrogen and oxygen atoms in total. The van der Waals surface area contributed by atoms with Crippen LogP contribution < -0.4 is 15.6 Å². The Balaban J connectivity index is -0.0000000383. The average molecular weight is 480 g/mol. The summed E-state index contributed by atoms with van der Waals surface area (Å²) in [5.41, 5.74) is 0. The molecule has 0 aromatic rings. The summed E-state index contributed by atoms with van der Waals surface area (Å²) >= 11 is -8.43. The zero-order valence-corrected chi connectivity index (χ0v) is 16.9. The Bertz CT molecular complexity index is 98.6. The predicted molar refractivity (Wildman–Crippen MR) is 14.0 cm³/mol. The zero-order valence-electron chi connectivity index (χ0n) is 5.27. The minimum absolute atomic E-state index is 0. The van der Waals surface area contributed by atoms with Crippen molar-refractivity contribution >= 4 is 41.1 Å². The molecule has 0 fully saturated rings. The summed E-state index contributed by atoms with van der Waals surface area (Å²) in [4.78, 5) is 0. The third-order valence-electron chi connectivity index (χ3n) is 0.0680. The standard InChI is InChI=1S/O2.5O.2Sn.2Zn/c1-2;;;;;;;;;/q-2;;;3*-1;;+1;2*+2. The molecule has 0 aliphatic rings. The van der Waals surface area contributed by atoms with Crippen LogP contribution in [0.4, 0.5) is 0 Å². The Labute approximate surface area is 104 Å². The minimum atomic E-state index is -4.29. The van der Waals surface area contributed by atoms with Gasteiger partial charge in [0.15, 0.2) is 0 Å². The van der Waals surface area contributed by atoms with E-state index in [9.17, 15) is 0 Å². The zero-order chi connectivity index (χ0) is 7.86. The van der Waals surface area contributed by atoms with Crippen LogP contribution in [0.1, 0.15) is 0 Å². The van der Waals surface area contributed by atoms with Crippen LogP contribution in [0, 0.1) is 0 Å². The van der Waals surface area contributed by atoms with E-state index in [1.165, 1.54) is 0 Å². The van der Waals surface area contributed by atoms with E-state index < -0.39 is 41.1 Å². The molecule has 0 N–H and O–H groups in total. The maximum atomic E-state index is 9.00. The number of hydrogen-bond donors (Lipinski definition) is 0. The van der Waals surface area contributed by atoms with Gasteiger partial charge in [0.2, 0.25) is 0 Å². The minimum Gasteiger partial charge on any atom is 2.00 e. The maximum absolute atomic E-state index is 9.00. The second kappa shape index (κ2) is 18.1. The van der Waals surface area contributed by atoms with Crippen molar-refractivity contribution in [2.45, 2.75) is 0 Å². The van der Waals surface area contributed by atoms with Gasteiger partial charge in [-0.05, 0) is 0 Å². The molecule has 0 rings (SSSR count). The molecule has 54 valence electrons. The fourth-order valence-corrected chi connectivity index (χ4v) is 0. The molecule has 0 aromatic heterocycles. The van der Waals surface area contributed by atoms with Crippen molar-refractivity contribution in [1.82, 2.24) is 0 Å². The largest absolute Gasteiger partial charge is 2.00 e. The van der Waals surface area contributed by atoms with E-state index in [0.29, 0.717) is 0 Å². The number of hydrogen-bond acceptors (Lipinski definition) is 7. The van der Waals surface area contributed by atoms with Crippen molar-refractivity contribution in [3.05, 3.63) is 0 Å². The van der Waals surface area contributed by atoms with Crippen molar-refractivity contribution in [2.75, 3.05) is 0 Å². The summed E-state index contributed by atoms with van der Waals surface area (Å²) in [6.45, 7) is 0. The Morgan fingerprint density at radius 3 is 1.09 bits per heavy atom. The molecule has 11 heteroatoms. The monoisotopic (exact) mass is 480 g/mol. The van der Waals surface area contributed by atoms with Crippen LogP contribution in [0.2, 0.25) is 0 Å². The number of rotatable bonds is 1. The van der Waals surface area contributed by atoms with Crippen LogP contribution >= 0.6 is 0 Å². The van der Waals surface area contributed by atoms with E-state index in [-0.39, 0.29) is 39.0 Å². The molecule has 0 saturated carbocycles. The molecule has 11 heavy (non-hydrogen) atoms. The second-order valence-electron chi connectivity index (χ2n) is 0.583. The fourth-order valence-electron chi connectivity index (χ4n) is 0. The topological polar surface area (TPSA) is 136 Å². The van der Waals surface area contributed by atoms with Crippen molar-refractivity contribution in [3.8, 4) is 0 Å². The van der Waals surface area contributed by atoms with Crippen LogP contribution in [0.15, 0.2) is 0 Å². The molecule has 0 heterocycles. The summed E-state index contributed by atoms with van der Waals surface area (Å²) in [6.07, 6.45) is 0. The van der Waals surface area contributed by atoms with Gasteiger partial charge in [0.25, 0.3) is 0 Å². The van der Waals surface area contributed by atoms with Crippen molar-refractivity contribution in [3.63, 3.8) is 0 Å². The first-order valence-corrected chi connectivity index (χ1v) is 8.38. The molecule has 0 aliphatic carbocycles. The molecule has 0 aliphatic heterocycles. The third-order valence-corrected chi connectivity index (χ3v) is 0.456. The normalized spacial score (nSPS) is 5.82. The molecule has 0 amide bonds.